The summed E-state index contributed by atoms with van der Waals surface area (Å²) in [6.07, 6.45) is 14.3. The predicted molar refractivity (Wildman–Crippen MR) is 134 cm³/mol. The highest BCUT2D eigenvalue weighted by atomic mass is 16.5. The fourth-order valence-corrected chi connectivity index (χ4v) is 8.64. The maximum atomic E-state index is 13.6. The number of nitrogens with one attached hydrogen (secondary N) is 1. The van der Waals surface area contributed by atoms with Gasteiger partial charge in [0.15, 0.2) is 0 Å². The van der Waals surface area contributed by atoms with Crippen LogP contribution in [0.1, 0.15) is 77.2 Å². The molecule has 0 aromatic heterocycles. The molecule has 4 aliphatic rings. The number of amides is 1. The molecule has 0 heterocycles. The molecule has 1 aromatic rings. The fourth-order valence-electron chi connectivity index (χ4n) is 8.64. The van der Waals surface area contributed by atoms with Crippen LogP contribution in [0, 0.1) is 34.5 Å². The van der Waals surface area contributed by atoms with E-state index in [2.05, 4.69) is 25.2 Å². The number of methoxy groups -OCH3 is 1. The third kappa shape index (κ3) is 3.91. The van der Waals surface area contributed by atoms with E-state index in [9.17, 15) is 9.59 Å². The quantitative estimate of drug-likeness (QED) is 0.557. The SMILES string of the molecule is COC(=O)[C@H](Cc1ccccc1)NC(=O)C1=CC[C@H]2[C@@H]3CCC4CCCC[C@]4(C)[C@H]3CC[C@]12C. The Bertz CT molecular complexity index is 955. The van der Waals surface area contributed by atoms with E-state index in [0.29, 0.717) is 17.8 Å². The number of hydrogen-bond acceptors (Lipinski definition) is 3. The lowest BCUT2D eigenvalue weighted by Crippen LogP contribution is -2.53. The molecular weight excluding hydrogens is 422 g/mol. The molecule has 3 saturated carbocycles. The van der Waals surface area contributed by atoms with Gasteiger partial charge in [-0.25, -0.2) is 4.79 Å². The molecule has 1 N–H and O–H groups in total. The second-order valence-electron chi connectivity index (χ2n) is 12.0. The molecular formula is C30H41NO3. The van der Waals surface area contributed by atoms with E-state index in [1.54, 1.807) is 0 Å². The predicted octanol–water partition coefficient (Wildman–Crippen LogP) is 5.86. The van der Waals surface area contributed by atoms with E-state index in [1.165, 1.54) is 52.1 Å². The summed E-state index contributed by atoms with van der Waals surface area (Å²) in [5, 5.41) is 3.06. The molecule has 34 heavy (non-hydrogen) atoms. The van der Waals surface area contributed by atoms with Crippen LogP contribution in [0.3, 0.4) is 0 Å². The van der Waals surface area contributed by atoms with Crippen LogP contribution in [0.4, 0.5) is 0 Å². The van der Waals surface area contributed by atoms with E-state index in [0.717, 1.165) is 41.7 Å². The van der Waals surface area contributed by atoms with E-state index in [-0.39, 0.29) is 17.3 Å². The van der Waals surface area contributed by atoms with Gasteiger partial charge in [-0.3, -0.25) is 4.79 Å². The number of esters is 1. The second kappa shape index (κ2) is 9.17. The molecule has 0 bridgehead atoms. The maximum absolute atomic E-state index is 13.6. The average molecular weight is 464 g/mol. The number of carbonyl (C=O) groups excluding carboxylic acids is 2. The molecule has 4 nitrogen and oxygen atoms in total. The van der Waals surface area contributed by atoms with E-state index < -0.39 is 6.04 Å². The molecule has 7 atom stereocenters. The van der Waals surface area contributed by atoms with Gasteiger partial charge in [-0.15, -0.1) is 0 Å². The van der Waals surface area contributed by atoms with Crippen LogP contribution < -0.4 is 5.32 Å². The number of rotatable bonds is 5. The zero-order chi connectivity index (χ0) is 23.9. The monoisotopic (exact) mass is 463 g/mol. The lowest BCUT2D eigenvalue weighted by molar-refractivity contribution is -0.145. The smallest absolute Gasteiger partial charge is 0.328 e. The van der Waals surface area contributed by atoms with Crippen molar-refractivity contribution >= 4 is 11.9 Å². The van der Waals surface area contributed by atoms with Gasteiger partial charge in [0, 0.05) is 17.4 Å². The van der Waals surface area contributed by atoms with E-state index in [4.69, 9.17) is 4.74 Å². The van der Waals surface area contributed by atoms with Gasteiger partial charge in [-0.05, 0) is 79.6 Å². The molecule has 0 spiro atoms. The first-order valence-electron chi connectivity index (χ1n) is 13.5. The Morgan fingerprint density at radius 1 is 1.03 bits per heavy atom. The normalized spacial score (nSPS) is 37.4. The maximum Gasteiger partial charge on any atom is 0.328 e. The topological polar surface area (TPSA) is 55.4 Å². The Morgan fingerprint density at radius 2 is 1.82 bits per heavy atom. The van der Waals surface area contributed by atoms with Crippen LogP contribution >= 0.6 is 0 Å². The summed E-state index contributed by atoms with van der Waals surface area (Å²) in [5.41, 5.74) is 2.34. The molecule has 1 unspecified atom stereocenters. The Morgan fingerprint density at radius 3 is 2.59 bits per heavy atom. The molecule has 0 aliphatic heterocycles. The highest BCUT2D eigenvalue weighted by molar-refractivity contribution is 5.97. The van der Waals surface area contributed by atoms with Gasteiger partial charge in [0.05, 0.1) is 7.11 Å². The van der Waals surface area contributed by atoms with Crippen molar-refractivity contribution in [3.05, 3.63) is 47.5 Å². The minimum absolute atomic E-state index is 0.0765. The Hall–Kier alpha value is -2.10. The Labute approximate surface area is 204 Å². The highest BCUT2D eigenvalue weighted by Crippen LogP contribution is 2.66. The van der Waals surface area contributed by atoms with Crippen LogP contribution in [-0.2, 0) is 20.7 Å². The first-order chi connectivity index (χ1) is 16.4. The summed E-state index contributed by atoms with van der Waals surface area (Å²) in [5.74, 6) is 2.53. The van der Waals surface area contributed by atoms with E-state index in [1.807, 2.05) is 30.3 Å². The summed E-state index contributed by atoms with van der Waals surface area (Å²) < 4.78 is 5.04. The zero-order valence-corrected chi connectivity index (χ0v) is 21.1. The second-order valence-corrected chi connectivity index (χ2v) is 12.0. The Kier molecular flexibility index (Phi) is 6.37. The van der Waals surface area contributed by atoms with E-state index >= 15 is 0 Å². The minimum Gasteiger partial charge on any atom is -0.467 e. The van der Waals surface area contributed by atoms with Crippen molar-refractivity contribution in [2.75, 3.05) is 7.11 Å². The van der Waals surface area contributed by atoms with Gasteiger partial charge >= 0.3 is 5.97 Å². The fraction of sp³-hybridized carbons (Fsp3) is 0.667. The molecule has 0 saturated heterocycles. The number of carbonyl (C=O) groups is 2. The molecule has 1 amide bonds. The summed E-state index contributed by atoms with van der Waals surface area (Å²) >= 11 is 0. The van der Waals surface area contributed by atoms with Crippen molar-refractivity contribution < 1.29 is 14.3 Å². The summed E-state index contributed by atoms with van der Waals surface area (Å²) in [6.45, 7) is 4.92. The number of allylic oxidation sites excluding steroid dienone is 1. The average Bonchev–Trinajstić information content (AvgIpc) is 3.20. The van der Waals surface area contributed by atoms with Crippen LogP contribution in [0.2, 0.25) is 0 Å². The van der Waals surface area contributed by atoms with Crippen molar-refractivity contribution in [2.45, 2.75) is 84.1 Å². The molecule has 1 aromatic carbocycles. The van der Waals surface area contributed by atoms with Gasteiger partial charge < -0.3 is 10.1 Å². The summed E-state index contributed by atoms with van der Waals surface area (Å²) in [7, 11) is 1.39. The van der Waals surface area contributed by atoms with Crippen LogP contribution in [-0.4, -0.2) is 25.0 Å². The minimum atomic E-state index is -0.670. The van der Waals surface area contributed by atoms with Crippen molar-refractivity contribution in [1.29, 1.82) is 0 Å². The van der Waals surface area contributed by atoms with Crippen molar-refractivity contribution in [3.8, 4) is 0 Å². The molecule has 0 radical (unpaired) electrons. The van der Waals surface area contributed by atoms with Gasteiger partial charge in [0.2, 0.25) is 5.91 Å². The first-order valence-corrected chi connectivity index (χ1v) is 13.5. The number of fused-ring (bicyclic) bond motifs is 5. The van der Waals surface area contributed by atoms with Crippen molar-refractivity contribution in [3.63, 3.8) is 0 Å². The molecule has 184 valence electrons. The summed E-state index contributed by atoms with van der Waals surface area (Å²) in [4.78, 5) is 26.1. The van der Waals surface area contributed by atoms with Crippen LogP contribution in [0.15, 0.2) is 42.0 Å². The van der Waals surface area contributed by atoms with Gasteiger partial charge in [0.25, 0.3) is 0 Å². The largest absolute Gasteiger partial charge is 0.467 e. The van der Waals surface area contributed by atoms with Crippen molar-refractivity contribution in [1.82, 2.24) is 5.32 Å². The van der Waals surface area contributed by atoms with Gasteiger partial charge in [-0.2, -0.15) is 0 Å². The molecule has 3 fully saturated rings. The van der Waals surface area contributed by atoms with Crippen LogP contribution in [0.5, 0.6) is 0 Å². The highest BCUT2D eigenvalue weighted by Gasteiger charge is 2.58. The molecule has 5 rings (SSSR count). The standard InChI is InChI=1S/C30H41NO3/c1-29-17-8-7-11-21(29)12-13-22-23-14-15-25(30(23,2)18-16-24(22)29)27(32)31-26(28(33)34-3)19-20-9-5-4-6-10-20/h4-6,9-10,15,21-24,26H,7-8,11-14,16-19H2,1-3H3,(H,31,32)/t21?,22-,23-,24-,26-,29-,30-/m0/s1. The van der Waals surface area contributed by atoms with Crippen molar-refractivity contribution in [2.24, 2.45) is 34.5 Å². The number of hydrogen-bond donors (Lipinski definition) is 1. The van der Waals surface area contributed by atoms with Gasteiger partial charge in [0.1, 0.15) is 6.04 Å². The summed E-state index contributed by atoms with van der Waals surface area (Å²) in [6, 6.07) is 9.16. The van der Waals surface area contributed by atoms with Crippen LogP contribution in [0.25, 0.3) is 0 Å². The number of ether oxygens (including phenoxy) is 1. The first kappa shape index (κ1) is 23.6. The number of benzene rings is 1. The molecule has 4 heteroatoms. The zero-order valence-electron chi connectivity index (χ0n) is 21.1. The Balaban J connectivity index is 1.32. The lowest BCUT2D eigenvalue weighted by atomic mass is 9.45. The molecule has 4 aliphatic carbocycles. The third-order valence-electron chi connectivity index (χ3n) is 10.5. The van der Waals surface area contributed by atoms with Gasteiger partial charge in [-0.1, -0.05) is 63.1 Å². The third-order valence-corrected chi connectivity index (χ3v) is 10.5. The lowest BCUT2D eigenvalue weighted by Gasteiger charge is -2.60.